The Kier molecular flexibility index (Phi) is 5.06. The maximum atomic E-state index is 8.79. The molecule has 1 aromatic carbocycles. The molecule has 0 bridgehead atoms. The van der Waals surface area contributed by atoms with E-state index in [9.17, 15) is 0 Å². The van der Waals surface area contributed by atoms with E-state index in [-0.39, 0.29) is 6.61 Å². The molecule has 15 heavy (non-hydrogen) atoms. The van der Waals surface area contributed by atoms with Crippen LogP contribution in [0.1, 0.15) is 13.3 Å². The van der Waals surface area contributed by atoms with Crippen molar-refractivity contribution in [3.05, 3.63) is 22.2 Å². The van der Waals surface area contributed by atoms with Crippen molar-refractivity contribution in [3.63, 3.8) is 0 Å². The summed E-state index contributed by atoms with van der Waals surface area (Å²) in [5.74, 6) is 0. The Labute approximate surface area is 104 Å². The summed E-state index contributed by atoms with van der Waals surface area (Å²) in [6, 6.07) is 3.41. The summed E-state index contributed by atoms with van der Waals surface area (Å²) in [6.07, 6.45) is 0.727. The van der Waals surface area contributed by atoms with Gasteiger partial charge in [0.25, 0.3) is 0 Å². The number of hydrogen-bond acceptors (Lipinski definition) is 3. The van der Waals surface area contributed by atoms with E-state index in [2.05, 4.69) is 0 Å². The first-order valence-corrected chi connectivity index (χ1v) is 6.20. The first-order chi connectivity index (χ1) is 7.04. The Bertz CT molecular complexity index is 346. The summed E-state index contributed by atoms with van der Waals surface area (Å²) >= 11 is 13.3. The van der Waals surface area contributed by atoms with Gasteiger partial charge in [0.2, 0.25) is 0 Å². The Hall–Kier alpha value is -0.0900. The fourth-order valence-corrected chi connectivity index (χ4v) is 2.54. The van der Waals surface area contributed by atoms with Gasteiger partial charge in [-0.05, 0) is 18.6 Å². The third kappa shape index (κ3) is 3.76. The van der Waals surface area contributed by atoms with Crippen LogP contribution in [0.4, 0.5) is 5.69 Å². The second-order valence-electron chi connectivity index (χ2n) is 3.24. The molecule has 0 aliphatic carbocycles. The summed E-state index contributed by atoms with van der Waals surface area (Å²) in [7, 11) is 0. The van der Waals surface area contributed by atoms with E-state index in [0.717, 1.165) is 11.3 Å². The van der Waals surface area contributed by atoms with Crippen LogP contribution in [0.25, 0.3) is 0 Å². The van der Waals surface area contributed by atoms with E-state index >= 15 is 0 Å². The lowest BCUT2D eigenvalue weighted by Gasteiger charge is -2.12. The molecule has 0 aliphatic rings. The van der Waals surface area contributed by atoms with Gasteiger partial charge in [0.15, 0.2) is 0 Å². The molecule has 1 atom stereocenters. The molecule has 0 aromatic heterocycles. The minimum atomic E-state index is 0.176. The summed E-state index contributed by atoms with van der Waals surface area (Å²) in [5.41, 5.74) is 6.43. The molecule has 2 nitrogen and oxygen atoms in total. The van der Waals surface area contributed by atoms with Crippen LogP contribution < -0.4 is 5.73 Å². The van der Waals surface area contributed by atoms with Gasteiger partial charge in [-0.25, -0.2) is 0 Å². The molecular weight excluding hydrogens is 253 g/mol. The number of hydrogen-bond donors (Lipinski definition) is 2. The van der Waals surface area contributed by atoms with Crippen LogP contribution in [0, 0.1) is 0 Å². The zero-order valence-corrected chi connectivity index (χ0v) is 10.7. The summed E-state index contributed by atoms with van der Waals surface area (Å²) < 4.78 is 0. The normalized spacial score (nSPS) is 12.8. The molecule has 3 N–H and O–H groups in total. The van der Waals surface area contributed by atoms with E-state index in [1.165, 1.54) is 0 Å². The number of anilines is 1. The van der Waals surface area contributed by atoms with Gasteiger partial charge in [-0.15, -0.1) is 11.8 Å². The highest BCUT2D eigenvalue weighted by atomic mass is 35.5. The van der Waals surface area contributed by atoms with Crippen molar-refractivity contribution in [3.8, 4) is 0 Å². The molecule has 1 rings (SSSR count). The molecule has 0 amide bonds. The number of benzene rings is 1. The standard InChI is InChI=1S/C10H13Cl2NOS/c1-6(2-3-14)15-10-5-8(12)7(11)4-9(10)13/h4-6,14H,2-3,13H2,1H3. The molecule has 0 saturated carbocycles. The second-order valence-corrected chi connectivity index (χ2v) is 5.54. The fraction of sp³-hybridized carbons (Fsp3) is 0.400. The van der Waals surface area contributed by atoms with Crippen LogP contribution in [-0.4, -0.2) is 17.0 Å². The molecule has 0 saturated heterocycles. The highest BCUT2D eigenvalue weighted by Gasteiger charge is 2.09. The molecule has 5 heteroatoms. The number of nitrogens with two attached hydrogens (primary N) is 1. The van der Waals surface area contributed by atoms with E-state index in [1.54, 1.807) is 23.9 Å². The van der Waals surface area contributed by atoms with E-state index < -0.39 is 0 Å². The van der Waals surface area contributed by atoms with Crippen molar-refractivity contribution in [2.75, 3.05) is 12.3 Å². The highest BCUT2D eigenvalue weighted by molar-refractivity contribution is 8.00. The molecule has 0 spiro atoms. The number of aliphatic hydroxyl groups is 1. The highest BCUT2D eigenvalue weighted by Crippen LogP contribution is 2.35. The molecule has 84 valence electrons. The maximum Gasteiger partial charge on any atom is 0.0613 e. The number of halogens is 2. The van der Waals surface area contributed by atoms with E-state index in [1.807, 2.05) is 6.92 Å². The number of thioether (sulfide) groups is 1. The van der Waals surface area contributed by atoms with Gasteiger partial charge in [-0.2, -0.15) is 0 Å². The predicted octanol–water partition coefficient (Wildman–Crippen LogP) is 3.44. The molecule has 0 fully saturated rings. The zero-order valence-electron chi connectivity index (χ0n) is 8.34. The Morgan fingerprint density at radius 1 is 1.40 bits per heavy atom. The van der Waals surface area contributed by atoms with Crippen molar-refractivity contribution in [2.24, 2.45) is 0 Å². The molecule has 1 aromatic rings. The first kappa shape index (κ1) is 13.0. The fourth-order valence-electron chi connectivity index (χ4n) is 1.10. The quantitative estimate of drug-likeness (QED) is 0.648. The van der Waals surface area contributed by atoms with Crippen LogP contribution >= 0.6 is 35.0 Å². The maximum absolute atomic E-state index is 8.79. The topological polar surface area (TPSA) is 46.2 Å². The summed E-state index contributed by atoms with van der Waals surface area (Å²) in [4.78, 5) is 0.908. The van der Waals surface area contributed by atoms with Crippen LogP contribution in [0.2, 0.25) is 10.0 Å². The van der Waals surface area contributed by atoms with Crippen LogP contribution in [0.3, 0.4) is 0 Å². The Morgan fingerprint density at radius 2 is 2.00 bits per heavy atom. The lowest BCUT2D eigenvalue weighted by Crippen LogP contribution is -2.00. The Morgan fingerprint density at radius 3 is 2.60 bits per heavy atom. The molecule has 0 heterocycles. The van der Waals surface area contributed by atoms with Gasteiger partial charge in [0, 0.05) is 22.4 Å². The van der Waals surface area contributed by atoms with Gasteiger partial charge < -0.3 is 10.8 Å². The first-order valence-electron chi connectivity index (χ1n) is 4.56. The average Bonchev–Trinajstić information content (AvgIpc) is 2.14. The number of nitrogen functional groups attached to an aromatic ring is 1. The van der Waals surface area contributed by atoms with Crippen molar-refractivity contribution in [1.82, 2.24) is 0 Å². The van der Waals surface area contributed by atoms with Gasteiger partial charge in [-0.1, -0.05) is 30.1 Å². The Balaban J connectivity index is 2.81. The number of aliphatic hydroxyl groups excluding tert-OH is 1. The zero-order chi connectivity index (χ0) is 11.4. The second kappa shape index (κ2) is 5.85. The van der Waals surface area contributed by atoms with E-state index in [0.29, 0.717) is 21.0 Å². The minimum Gasteiger partial charge on any atom is -0.398 e. The SMILES string of the molecule is CC(CCO)Sc1cc(Cl)c(Cl)cc1N. The molecule has 0 radical (unpaired) electrons. The lowest BCUT2D eigenvalue weighted by molar-refractivity contribution is 0.289. The van der Waals surface area contributed by atoms with Crippen molar-refractivity contribution >= 4 is 40.7 Å². The molecule has 1 unspecified atom stereocenters. The summed E-state index contributed by atoms with van der Waals surface area (Å²) in [6.45, 7) is 2.21. The van der Waals surface area contributed by atoms with Crippen molar-refractivity contribution in [1.29, 1.82) is 0 Å². The van der Waals surface area contributed by atoms with Crippen molar-refractivity contribution < 1.29 is 5.11 Å². The third-order valence-corrected chi connectivity index (χ3v) is 3.88. The van der Waals surface area contributed by atoms with Gasteiger partial charge in [0.05, 0.1) is 10.0 Å². The van der Waals surface area contributed by atoms with Crippen LogP contribution in [0.15, 0.2) is 17.0 Å². The van der Waals surface area contributed by atoms with Crippen LogP contribution in [-0.2, 0) is 0 Å². The average molecular weight is 266 g/mol. The predicted molar refractivity (Wildman–Crippen MR) is 67.9 cm³/mol. The minimum absolute atomic E-state index is 0.176. The van der Waals surface area contributed by atoms with Crippen molar-refractivity contribution in [2.45, 2.75) is 23.5 Å². The van der Waals surface area contributed by atoms with Gasteiger partial charge in [-0.3, -0.25) is 0 Å². The van der Waals surface area contributed by atoms with Crippen LogP contribution in [0.5, 0.6) is 0 Å². The molecular formula is C10H13Cl2NOS. The van der Waals surface area contributed by atoms with Gasteiger partial charge in [0.1, 0.15) is 0 Å². The van der Waals surface area contributed by atoms with E-state index in [4.69, 9.17) is 34.0 Å². The third-order valence-electron chi connectivity index (χ3n) is 1.92. The lowest BCUT2D eigenvalue weighted by atomic mass is 10.3. The monoisotopic (exact) mass is 265 g/mol. The summed E-state index contributed by atoms with van der Waals surface area (Å²) in [5, 5.41) is 10.1. The largest absolute Gasteiger partial charge is 0.398 e. The smallest absolute Gasteiger partial charge is 0.0613 e. The number of rotatable bonds is 4. The van der Waals surface area contributed by atoms with Gasteiger partial charge >= 0.3 is 0 Å². The molecule has 0 aliphatic heterocycles.